The summed E-state index contributed by atoms with van der Waals surface area (Å²) in [6.45, 7) is 10.2. The molecule has 2 N–H and O–H groups in total. The van der Waals surface area contributed by atoms with Crippen molar-refractivity contribution >= 4 is 46.5 Å². The zero-order valence-corrected chi connectivity index (χ0v) is 24.9. The zero-order valence-electron chi connectivity index (χ0n) is 24.9. The molecule has 1 aromatic carbocycles. The van der Waals surface area contributed by atoms with Gasteiger partial charge in [0.15, 0.2) is 6.10 Å². The highest BCUT2D eigenvalue weighted by Crippen LogP contribution is 2.27. The van der Waals surface area contributed by atoms with Crippen molar-refractivity contribution in [1.82, 2.24) is 25.7 Å². The molecule has 3 atom stereocenters. The van der Waals surface area contributed by atoms with Crippen LogP contribution in [0.3, 0.4) is 0 Å². The first kappa shape index (κ1) is 29.5. The van der Waals surface area contributed by atoms with E-state index in [0.717, 1.165) is 22.9 Å². The number of carbonyl (C=O) groups is 4. The van der Waals surface area contributed by atoms with Crippen molar-refractivity contribution in [3.8, 4) is 0 Å². The average molecular weight is 577 g/mol. The number of carbonyl (C=O) groups excluding carboxylic acids is 4. The Morgan fingerprint density at radius 1 is 0.976 bits per heavy atom. The maximum absolute atomic E-state index is 13.7. The summed E-state index contributed by atoms with van der Waals surface area (Å²) < 4.78 is 5.73. The fraction of sp³-hybridized carbons (Fsp3) is 0.516. The molecule has 0 aliphatic carbocycles. The van der Waals surface area contributed by atoms with Crippen LogP contribution in [0.15, 0.2) is 36.4 Å². The summed E-state index contributed by atoms with van der Waals surface area (Å²) in [5.74, 6) is -1.24. The molecule has 4 heterocycles. The third-order valence-electron chi connectivity index (χ3n) is 8.05. The number of benzene rings is 1. The van der Waals surface area contributed by atoms with Gasteiger partial charge in [-0.25, -0.2) is 10.4 Å². The van der Waals surface area contributed by atoms with E-state index in [1.165, 1.54) is 5.01 Å². The molecular weight excluding hydrogens is 536 g/mol. The number of nitrogens with zero attached hydrogens (tertiary/aromatic N) is 4. The van der Waals surface area contributed by atoms with E-state index in [1.807, 2.05) is 41.4 Å². The highest BCUT2D eigenvalue weighted by molar-refractivity contribution is 5.92. The summed E-state index contributed by atoms with van der Waals surface area (Å²) in [5, 5.41) is 8.71. The van der Waals surface area contributed by atoms with Crippen LogP contribution >= 0.6 is 0 Å². The summed E-state index contributed by atoms with van der Waals surface area (Å²) in [6, 6.07) is 8.27. The molecule has 11 nitrogen and oxygen atoms in total. The van der Waals surface area contributed by atoms with Gasteiger partial charge in [0.1, 0.15) is 17.9 Å². The number of cyclic esters (lactones) is 1. The molecule has 1 aromatic heterocycles. The fourth-order valence-corrected chi connectivity index (χ4v) is 5.48. The number of aromatic nitrogens is 1. The number of esters is 1. The van der Waals surface area contributed by atoms with Crippen LogP contribution in [-0.4, -0.2) is 76.5 Å². The van der Waals surface area contributed by atoms with Crippen LogP contribution in [0.5, 0.6) is 0 Å². The van der Waals surface area contributed by atoms with Crippen LogP contribution in [-0.2, 0) is 23.9 Å². The van der Waals surface area contributed by atoms with Gasteiger partial charge in [-0.05, 0) is 69.7 Å². The molecule has 0 spiro atoms. The number of hydrogen-bond acceptors (Lipinski definition) is 8. The lowest BCUT2D eigenvalue weighted by molar-refractivity contribution is -0.165. The van der Waals surface area contributed by atoms with Gasteiger partial charge < -0.3 is 10.1 Å². The van der Waals surface area contributed by atoms with Gasteiger partial charge in [0.2, 0.25) is 0 Å². The Morgan fingerprint density at radius 3 is 2.48 bits per heavy atom. The standard InChI is InChI=1S/C31H40N6O5/c1-19(2)26-27(38)32-20(3)28(39)35-15-6-8-23(34-35)29(40)37-17-7-16-36(37)25-12-11-22-10-9-21(18-24(22)33-25)13-14-31(4,5)30(41)42-26/h9-14,18-20,23,26,34H,6-8,15-17H2,1-5H3,(H,32,38)/b14-13+/t20-,23-,26-/m0/s1. The number of ether oxygens (including phenoxy) is 1. The molecule has 42 heavy (non-hydrogen) atoms. The number of nitrogens with one attached hydrogen (secondary N) is 2. The molecule has 224 valence electrons. The summed E-state index contributed by atoms with van der Waals surface area (Å²) in [4.78, 5) is 58.5. The van der Waals surface area contributed by atoms with Crippen molar-refractivity contribution in [2.75, 3.05) is 24.6 Å². The van der Waals surface area contributed by atoms with Gasteiger partial charge in [0.05, 0.1) is 10.9 Å². The predicted octanol–water partition coefficient (Wildman–Crippen LogP) is 2.81. The molecule has 0 radical (unpaired) electrons. The first-order chi connectivity index (χ1) is 19.9. The summed E-state index contributed by atoms with van der Waals surface area (Å²) in [5.41, 5.74) is 3.69. The predicted molar refractivity (Wildman–Crippen MR) is 158 cm³/mol. The third kappa shape index (κ3) is 5.97. The van der Waals surface area contributed by atoms with E-state index in [1.54, 1.807) is 45.7 Å². The topological polar surface area (TPSA) is 124 Å². The highest BCUT2D eigenvalue weighted by atomic mass is 16.5. The molecule has 5 rings (SSSR count). The molecular formula is C31H40N6O5. The maximum Gasteiger partial charge on any atom is 0.316 e. The SMILES string of the molecule is CC(C)[C@@H]1OC(=O)C(C)(C)/C=C/c2ccc3ccc(nc3c2)N2CCCN2C(=O)[C@@H]2CCCN(N2)C(=O)[C@H](C)NC1=O. The number of hydrogen-bond donors (Lipinski definition) is 2. The van der Waals surface area contributed by atoms with Gasteiger partial charge in [-0.1, -0.05) is 38.1 Å². The van der Waals surface area contributed by atoms with Gasteiger partial charge in [-0.3, -0.25) is 34.2 Å². The smallest absolute Gasteiger partial charge is 0.316 e. The Hall–Kier alpha value is -3.99. The van der Waals surface area contributed by atoms with E-state index in [4.69, 9.17) is 9.72 Å². The number of hydrazine groups is 2. The van der Waals surface area contributed by atoms with Crippen molar-refractivity contribution in [1.29, 1.82) is 0 Å². The Balaban J connectivity index is 1.53. The van der Waals surface area contributed by atoms with Gasteiger partial charge >= 0.3 is 5.97 Å². The lowest BCUT2D eigenvalue weighted by Crippen LogP contribution is -2.62. The Morgan fingerprint density at radius 2 is 1.71 bits per heavy atom. The normalized spacial score (nSPS) is 26.3. The van der Waals surface area contributed by atoms with E-state index in [0.29, 0.717) is 38.3 Å². The van der Waals surface area contributed by atoms with Crippen LogP contribution in [0.4, 0.5) is 5.82 Å². The van der Waals surface area contributed by atoms with E-state index < -0.39 is 35.5 Å². The van der Waals surface area contributed by atoms with Crippen LogP contribution in [0.2, 0.25) is 0 Å². The van der Waals surface area contributed by atoms with E-state index in [-0.39, 0.29) is 17.7 Å². The second kappa shape index (κ2) is 11.7. The van der Waals surface area contributed by atoms with Crippen molar-refractivity contribution in [3.05, 3.63) is 42.0 Å². The largest absolute Gasteiger partial charge is 0.451 e. The summed E-state index contributed by atoms with van der Waals surface area (Å²) in [7, 11) is 0. The first-order valence-corrected chi connectivity index (χ1v) is 14.7. The number of rotatable bonds is 1. The minimum atomic E-state index is -1.08. The quantitative estimate of drug-likeness (QED) is 0.497. The van der Waals surface area contributed by atoms with Gasteiger partial charge in [0.25, 0.3) is 17.7 Å². The molecule has 2 aromatic rings. The van der Waals surface area contributed by atoms with Crippen molar-refractivity contribution in [3.63, 3.8) is 0 Å². The zero-order chi connectivity index (χ0) is 30.2. The van der Waals surface area contributed by atoms with Crippen LogP contribution < -0.4 is 15.8 Å². The van der Waals surface area contributed by atoms with Crippen LogP contribution in [0.25, 0.3) is 17.0 Å². The average Bonchev–Trinajstić information content (AvgIpc) is 3.47. The molecule has 3 aliphatic rings. The fourth-order valence-electron chi connectivity index (χ4n) is 5.48. The van der Waals surface area contributed by atoms with E-state index in [9.17, 15) is 19.2 Å². The minimum Gasteiger partial charge on any atom is -0.451 e. The number of pyridine rings is 1. The van der Waals surface area contributed by atoms with Crippen LogP contribution in [0.1, 0.15) is 59.4 Å². The molecule has 2 fully saturated rings. The molecule has 3 amide bonds. The number of amides is 3. The molecule has 0 unspecified atom stereocenters. The first-order valence-electron chi connectivity index (χ1n) is 14.7. The van der Waals surface area contributed by atoms with Gasteiger partial charge in [-0.15, -0.1) is 0 Å². The monoisotopic (exact) mass is 576 g/mol. The van der Waals surface area contributed by atoms with Gasteiger partial charge in [0, 0.05) is 25.0 Å². The van der Waals surface area contributed by atoms with Crippen molar-refractivity contribution < 1.29 is 23.9 Å². The molecule has 11 heteroatoms. The third-order valence-corrected chi connectivity index (χ3v) is 8.05. The lowest BCUT2D eigenvalue weighted by Gasteiger charge is -2.38. The highest BCUT2D eigenvalue weighted by Gasteiger charge is 2.38. The second-order valence-corrected chi connectivity index (χ2v) is 12.2. The van der Waals surface area contributed by atoms with Crippen molar-refractivity contribution in [2.24, 2.45) is 11.3 Å². The minimum absolute atomic E-state index is 0.125. The molecule has 0 saturated carbocycles. The molecule has 2 saturated heterocycles. The van der Waals surface area contributed by atoms with E-state index >= 15 is 0 Å². The Kier molecular flexibility index (Phi) is 8.23. The molecule has 5 bridgehead atoms. The Bertz CT molecular complexity index is 1420. The number of fused-ring (bicyclic) bond motifs is 6. The number of anilines is 1. The van der Waals surface area contributed by atoms with Gasteiger partial charge in [-0.2, -0.15) is 0 Å². The Labute approximate surface area is 246 Å². The maximum atomic E-state index is 13.7. The summed E-state index contributed by atoms with van der Waals surface area (Å²) >= 11 is 0. The second-order valence-electron chi connectivity index (χ2n) is 12.2. The van der Waals surface area contributed by atoms with E-state index in [2.05, 4.69) is 10.7 Å². The van der Waals surface area contributed by atoms with Crippen molar-refractivity contribution in [2.45, 2.75) is 72.1 Å². The van der Waals surface area contributed by atoms with Crippen LogP contribution in [0, 0.1) is 11.3 Å². The summed E-state index contributed by atoms with van der Waals surface area (Å²) in [6.07, 6.45) is 4.53. The lowest BCUT2D eigenvalue weighted by atomic mass is 9.92. The molecule has 3 aliphatic heterocycles.